The lowest BCUT2D eigenvalue weighted by Crippen LogP contribution is -1.86. The van der Waals surface area contributed by atoms with Crippen LogP contribution in [0, 0.1) is 0 Å². The predicted octanol–water partition coefficient (Wildman–Crippen LogP) is 7.92. The molecule has 4 rings (SSSR count). The first-order valence-electron chi connectivity index (χ1n) is 7.90. The molecule has 0 amide bonds. The number of nitrogens with one attached hydrogen (secondary N) is 1. The lowest BCUT2D eigenvalue weighted by atomic mass is 9.98. The number of hydrogen-bond donors (Lipinski definition) is 1. The molecular formula is C21H14Br3N. The smallest absolute Gasteiger partial charge is 0.0544 e. The fourth-order valence-electron chi connectivity index (χ4n) is 3.16. The number of H-pyrrole nitrogens is 1. The van der Waals surface area contributed by atoms with Crippen molar-refractivity contribution in [1.29, 1.82) is 0 Å². The van der Waals surface area contributed by atoms with Crippen molar-refractivity contribution >= 4 is 58.7 Å². The Morgan fingerprint density at radius 3 is 2.00 bits per heavy atom. The van der Waals surface area contributed by atoms with Gasteiger partial charge >= 0.3 is 0 Å². The van der Waals surface area contributed by atoms with E-state index in [1.807, 2.05) is 6.07 Å². The van der Waals surface area contributed by atoms with E-state index in [1.165, 1.54) is 27.6 Å². The quantitative estimate of drug-likeness (QED) is 0.265. The Bertz CT molecular complexity index is 1040. The molecule has 0 fully saturated rings. The van der Waals surface area contributed by atoms with Crippen LogP contribution in [0.15, 0.2) is 75.7 Å². The second-order valence-electron chi connectivity index (χ2n) is 5.81. The second-order valence-corrected chi connectivity index (χ2v) is 8.02. The average molecular weight is 520 g/mol. The van der Waals surface area contributed by atoms with Gasteiger partial charge in [-0.1, -0.05) is 92.5 Å². The van der Waals surface area contributed by atoms with Gasteiger partial charge in [-0.25, -0.2) is 0 Å². The molecule has 3 aromatic carbocycles. The van der Waals surface area contributed by atoms with Crippen molar-refractivity contribution in [2.24, 2.45) is 0 Å². The molecule has 0 unspecified atom stereocenters. The summed E-state index contributed by atoms with van der Waals surface area (Å²) in [6.45, 7) is 0. The highest BCUT2D eigenvalue weighted by Gasteiger charge is 2.20. The standard InChI is InChI=1S/C21H14Br3N/c22-12-15-16(23)11-17-19(20(15)24)18(13-7-3-1-4-8-13)21(25-17)14-9-5-2-6-10-14/h1-11,25H,12H2. The molecule has 0 aliphatic carbocycles. The Labute approximate surface area is 171 Å². The molecule has 0 saturated carbocycles. The van der Waals surface area contributed by atoms with Gasteiger partial charge in [0.15, 0.2) is 0 Å². The molecule has 0 radical (unpaired) electrons. The number of halogens is 3. The highest BCUT2D eigenvalue weighted by atomic mass is 79.9. The summed E-state index contributed by atoms with van der Waals surface area (Å²) in [5.74, 6) is 0. The Morgan fingerprint density at radius 1 is 0.800 bits per heavy atom. The summed E-state index contributed by atoms with van der Waals surface area (Å²) in [5.41, 5.74) is 7.08. The maximum atomic E-state index is 3.85. The minimum Gasteiger partial charge on any atom is -0.354 e. The van der Waals surface area contributed by atoms with Crippen molar-refractivity contribution in [3.63, 3.8) is 0 Å². The Balaban J connectivity index is 2.14. The van der Waals surface area contributed by atoms with Gasteiger partial charge in [0.1, 0.15) is 0 Å². The molecule has 0 bridgehead atoms. The minimum absolute atomic E-state index is 0.782. The molecule has 0 aliphatic heterocycles. The number of aromatic nitrogens is 1. The maximum absolute atomic E-state index is 3.85. The van der Waals surface area contributed by atoms with Crippen LogP contribution in [0.1, 0.15) is 5.56 Å². The highest BCUT2D eigenvalue weighted by molar-refractivity contribution is 9.11. The van der Waals surface area contributed by atoms with Gasteiger partial charge in [0.25, 0.3) is 0 Å². The molecule has 25 heavy (non-hydrogen) atoms. The van der Waals surface area contributed by atoms with E-state index in [9.17, 15) is 0 Å². The second kappa shape index (κ2) is 7.10. The van der Waals surface area contributed by atoms with Crippen molar-refractivity contribution in [2.45, 2.75) is 5.33 Å². The normalized spacial score (nSPS) is 11.2. The van der Waals surface area contributed by atoms with E-state index >= 15 is 0 Å². The van der Waals surface area contributed by atoms with Crippen molar-refractivity contribution in [3.8, 4) is 22.4 Å². The van der Waals surface area contributed by atoms with E-state index < -0.39 is 0 Å². The SMILES string of the molecule is BrCc1c(Br)cc2[nH]c(-c3ccccc3)c(-c3ccccc3)c2c1Br. The fraction of sp³-hybridized carbons (Fsp3) is 0.0476. The van der Waals surface area contributed by atoms with Crippen molar-refractivity contribution < 1.29 is 0 Å². The van der Waals surface area contributed by atoms with Crippen molar-refractivity contribution in [1.82, 2.24) is 4.98 Å². The zero-order valence-electron chi connectivity index (χ0n) is 13.2. The summed E-state index contributed by atoms with van der Waals surface area (Å²) >= 11 is 11.1. The molecular weight excluding hydrogens is 506 g/mol. The van der Waals surface area contributed by atoms with Gasteiger partial charge in [-0.05, 0) is 38.7 Å². The van der Waals surface area contributed by atoms with E-state index in [-0.39, 0.29) is 0 Å². The molecule has 4 aromatic rings. The van der Waals surface area contributed by atoms with Crippen LogP contribution in [0.5, 0.6) is 0 Å². The maximum Gasteiger partial charge on any atom is 0.0544 e. The first-order chi connectivity index (χ1) is 12.2. The summed E-state index contributed by atoms with van der Waals surface area (Å²) in [6.07, 6.45) is 0. The minimum atomic E-state index is 0.782. The van der Waals surface area contributed by atoms with Crippen LogP contribution in [0.3, 0.4) is 0 Å². The van der Waals surface area contributed by atoms with Crippen molar-refractivity contribution in [2.75, 3.05) is 0 Å². The van der Waals surface area contributed by atoms with E-state index in [0.717, 1.165) is 25.5 Å². The Kier molecular flexibility index (Phi) is 4.85. The zero-order chi connectivity index (χ0) is 17.4. The van der Waals surface area contributed by atoms with Gasteiger partial charge in [-0.15, -0.1) is 0 Å². The average Bonchev–Trinajstić information content (AvgIpc) is 3.03. The third kappa shape index (κ3) is 3.01. The number of hydrogen-bond acceptors (Lipinski definition) is 0. The van der Waals surface area contributed by atoms with Gasteiger partial charge in [0.05, 0.1) is 5.69 Å². The molecule has 4 heteroatoms. The molecule has 1 nitrogen and oxygen atoms in total. The predicted molar refractivity (Wildman–Crippen MR) is 117 cm³/mol. The van der Waals surface area contributed by atoms with Crippen LogP contribution < -0.4 is 0 Å². The molecule has 124 valence electrons. The number of alkyl halides is 1. The topological polar surface area (TPSA) is 15.8 Å². The van der Waals surface area contributed by atoms with Crippen LogP contribution in [-0.4, -0.2) is 4.98 Å². The molecule has 0 aliphatic rings. The summed E-state index contributed by atoms with van der Waals surface area (Å²) in [7, 11) is 0. The summed E-state index contributed by atoms with van der Waals surface area (Å²) in [5, 5.41) is 1.99. The molecule has 0 spiro atoms. The molecule has 0 atom stereocenters. The van der Waals surface area contributed by atoms with E-state index in [0.29, 0.717) is 0 Å². The third-order valence-electron chi connectivity index (χ3n) is 4.33. The van der Waals surface area contributed by atoms with Crippen molar-refractivity contribution in [3.05, 3.63) is 81.2 Å². The zero-order valence-corrected chi connectivity index (χ0v) is 17.9. The van der Waals surface area contributed by atoms with E-state index in [2.05, 4.69) is 113 Å². The first kappa shape index (κ1) is 17.1. The lowest BCUT2D eigenvalue weighted by molar-refractivity contribution is 1.38. The van der Waals surface area contributed by atoms with E-state index in [1.54, 1.807) is 0 Å². The van der Waals surface area contributed by atoms with Crippen LogP contribution in [0.4, 0.5) is 0 Å². The molecule has 1 heterocycles. The third-order valence-corrected chi connectivity index (χ3v) is 6.47. The fourth-order valence-corrected chi connectivity index (χ4v) is 6.10. The van der Waals surface area contributed by atoms with Crippen LogP contribution >= 0.6 is 47.8 Å². The van der Waals surface area contributed by atoms with E-state index in [4.69, 9.17) is 0 Å². The number of aromatic amines is 1. The molecule has 1 N–H and O–H groups in total. The van der Waals surface area contributed by atoms with Crippen LogP contribution in [-0.2, 0) is 5.33 Å². The van der Waals surface area contributed by atoms with Gasteiger partial charge in [0, 0.05) is 30.7 Å². The monoisotopic (exact) mass is 517 g/mol. The number of benzene rings is 3. The van der Waals surface area contributed by atoms with Gasteiger partial charge in [-0.2, -0.15) is 0 Å². The summed E-state index contributed by atoms with van der Waals surface area (Å²) in [6, 6.07) is 23.2. The highest BCUT2D eigenvalue weighted by Crippen LogP contribution is 2.44. The largest absolute Gasteiger partial charge is 0.354 e. The first-order valence-corrected chi connectivity index (χ1v) is 10.6. The molecule has 1 aromatic heterocycles. The lowest BCUT2D eigenvalue weighted by Gasteiger charge is -2.09. The van der Waals surface area contributed by atoms with Gasteiger partial charge in [0.2, 0.25) is 0 Å². The molecule has 0 saturated heterocycles. The van der Waals surface area contributed by atoms with Gasteiger partial charge < -0.3 is 4.98 Å². The summed E-state index contributed by atoms with van der Waals surface area (Å²) < 4.78 is 2.20. The van der Waals surface area contributed by atoms with Gasteiger partial charge in [-0.3, -0.25) is 0 Å². The Morgan fingerprint density at radius 2 is 1.40 bits per heavy atom. The number of rotatable bonds is 3. The van der Waals surface area contributed by atoms with Crippen LogP contribution in [0.25, 0.3) is 33.3 Å². The Hall–Kier alpha value is -1.36. The summed E-state index contributed by atoms with van der Waals surface area (Å²) in [4.78, 5) is 3.64. The number of fused-ring (bicyclic) bond motifs is 1. The van der Waals surface area contributed by atoms with Crippen LogP contribution in [0.2, 0.25) is 0 Å².